The number of rotatable bonds is 3. The predicted molar refractivity (Wildman–Crippen MR) is 79.1 cm³/mol. The zero-order valence-electron chi connectivity index (χ0n) is 13.5. The van der Waals surface area contributed by atoms with Crippen LogP contribution in [0.15, 0.2) is 10.6 Å². The molecule has 130 valence electrons. The first kappa shape index (κ1) is 17.8. The van der Waals surface area contributed by atoms with E-state index in [1.54, 1.807) is 6.07 Å². The van der Waals surface area contributed by atoms with Crippen LogP contribution in [0, 0.1) is 5.92 Å². The second-order valence-electron chi connectivity index (χ2n) is 6.99. The molecule has 2 rings (SSSR count). The van der Waals surface area contributed by atoms with Crippen LogP contribution in [0.5, 0.6) is 0 Å². The fraction of sp³-hybridized carbons (Fsp3) is 0.733. The molecule has 1 aliphatic rings. The molecule has 2 heterocycles. The van der Waals surface area contributed by atoms with E-state index in [0.717, 1.165) is 0 Å². The third-order valence-electron chi connectivity index (χ3n) is 3.88. The summed E-state index contributed by atoms with van der Waals surface area (Å²) in [7, 11) is 0. The number of hydrogen-bond acceptors (Lipinski definition) is 4. The highest BCUT2D eigenvalue weighted by atomic mass is 19.4. The van der Waals surface area contributed by atoms with Gasteiger partial charge in [0.05, 0.1) is 18.2 Å². The maximum Gasteiger partial charge on any atom is 0.393 e. The van der Waals surface area contributed by atoms with Crippen LogP contribution in [0.4, 0.5) is 19.1 Å². The van der Waals surface area contributed by atoms with Gasteiger partial charge in [0.15, 0.2) is 0 Å². The van der Waals surface area contributed by atoms with E-state index in [1.165, 1.54) is 4.90 Å². The molecule has 1 atom stereocenters. The van der Waals surface area contributed by atoms with Crippen molar-refractivity contribution in [1.82, 2.24) is 10.1 Å². The maximum absolute atomic E-state index is 12.8. The number of carbonyl (C=O) groups is 1. The summed E-state index contributed by atoms with van der Waals surface area (Å²) >= 11 is 0. The van der Waals surface area contributed by atoms with E-state index in [4.69, 9.17) is 4.52 Å². The Morgan fingerprint density at radius 1 is 1.43 bits per heavy atom. The van der Waals surface area contributed by atoms with Crippen molar-refractivity contribution in [2.45, 2.75) is 45.2 Å². The number of amides is 1. The highest BCUT2D eigenvalue weighted by molar-refractivity contribution is 5.91. The van der Waals surface area contributed by atoms with E-state index in [-0.39, 0.29) is 30.8 Å². The smallest absolute Gasteiger partial charge is 0.338 e. The highest BCUT2D eigenvalue weighted by Gasteiger charge is 2.41. The minimum Gasteiger partial charge on any atom is -0.338 e. The van der Waals surface area contributed by atoms with E-state index in [2.05, 4.69) is 10.5 Å². The van der Waals surface area contributed by atoms with Gasteiger partial charge in [-0.05, 0) is 19.4 Å². The van der Waals surface area contributed by atoms with Crippen LogP contribution in [0.2, 0.25) is 0 Å². The molecule has 23 heavy (non-hydrogen) atoms. The second-order valence-corrected chi connectivity index (χ2v) is 6.99. The standard InChI is InChI=1S/C15H22F3N3O2/c1-14(2,3)11-7-13(23-20-11)19-12(22)9-21-6-4-5-10(8-21)15(16,17)18/h7,10H,4-6,8-9H2,1-3H3,(H,19,22)/t10-/m0/s1. The first-order valence-corrected chi connectivity index (χ1v) is 7.62. The van der Waals surface area contributed by atoms with Gasteiger partial charge in [0.25, 0.3) is 0 Å². The van der Waals surface area contributed by atoms with Gasteiger partial charge in [0, 0.05) is 18.0 Å². The van der Waals surface area contributed by atoms with Crippen LogP contribution in [0.1, 0.15) is 39.3 Å². The molecular weight excluding hydrogens is 311 g/mol. The summed E-state index contributed by atoms with van der Waals surface area (Å²) in [5.74, 6) is -1.55. The maximum atomic E-state index is 12.8. The van der Waals surface area contributed by atoms with Gasteiger partial charge in [-0.15, -0.1) is 0 Å². The molecule has 0 bridgehead atoms. The van der Waals surface area contributed by atoms with Crippen molar-refractivity contribution >= 4 is 11.8 Å². The average Bonchev–Trinajstić information content (AvgIpc) is 2.86. The summed E-state index contributed by atoms with van der Waals surface area (Å²) in [6, 6.07) is 1.63. The van der Waals surface area contributed by atoms with Gasteiger partial charge in [-0.2, -0.15) is 13.2 Å². The lowest BCUT2D eigenvalue weighted by Crippen LogP contribution is -2.44. The molecule has 1 aromatic rings. The highest BCUT2D eigenvalue weighted by Crippen LogP contribution is 2.33. The largest absolute Gasteiger partial charge is 0.393 e. The van der Waals surface area contributed by atoms with Gasteiger partial charge in [-0.25, -0.2) is 0 Å². The number of nitrogens with zero attached hydrogens (tertiary/aromatic N) is 2. The zero-order chi connectivity index (χ0) is 17.3. The molecule has 0 aliphatic carbocycles. The Labute approximate surface area is 133 Å². The molecule has 1 aliphatic heterocycles. The lowest BCUT2D eigenvalue weighted by atomic mass is 9.92. The normalized spacial score (nSPS) is 20.5. The molecule has 1 aromatic heterocycles. The average molecular weight is 333 g/mol. The number of hydrogen-bond donors (Lipinski definition) is 1. The molecule has 0 aromatic carbocycles. The van der Waals surface area contributed by atoms with Crippen LogP contribution in [-0.2, 0) is 10.2 Å². The van der Waals surface area contributed by atoms with E-state index >= 15 is 0 Å². The quantitative estimate of drug-likeness (QED) is 0.923. The Balaban J connectivity index is 1.88. The van der Waals surface area contributed by atoms with Crippen LogP contribution in [0.3, 0.4) is 0 Å². The third kappa shape index (κ3) is 4.95. The molecule has 0 saturated carbocycles. The minimum atomic E-state index is -4.21. The Kier molecular flexibility index (Phi) is 5.03. The molecule has 8 heteroatoms. The molecule has 1 fully saturated rings. The first-order valence-electron chi connectivity index (χ1n) is 7.62. The van der Waals surface area contributed by atoms with Gasteiger partial charge in [0.2, 0.25) is 11.8 Å². The van der Waals surface area contributed by atoms with Crippen molar-refractivity contribution in [3.05, 3.63) is 11.8 Å². The van der Waals surface area contributed by atoms with Gasteiger partial charge in [0.1, 0.15) is 0 Å². The number of aromatic nitrogens is 1. The van der Waals surface area contributed by atoms with Crippen LogP contribution in [0.25, 0.3) is 0 Å². The lowest BCUT2D eigenvalue weighted by Gasteiger charge is -2.33. The number of anilines is 1. The molecule has 5 nitrogen and oxygen atoms in total. The van der Waals surface area contributed by atoms with Gasteiger partial charge < -0.3 is 4.52 Å². The number of piperidine rings is 1. The van der Waals surface area contributed by atoms with Crippen molar-refractivity contribution < 1.29 is 22.5 Å². The minimum absolute atomic E-state index is 0.0852. The lowest BCUT2D eigenvalue weighted by molar-refractivity contribution is -0.186. The Morgan fingerprint density at radius 2 is 2.13 bits per heavy atom. The summed E-state index contributed by atoms with van der Waals surface area (Å²) in [5.41, 5.74) is 0.488. The van der Waals surface area contributed by atoms with Gasteiger partial charge in [-0.1, -0.05) is 25.9 Å². The number of halogens is 3. The summed E-state index contributed by atoms with van der Waals surface area (Å²) in [4.78, 5) is 13.5. The monoisotopic (exact) mass is 333 g/mol. The summed E-state index contributed by atoms with van der Waals surface area (Å²) in [6.07, 6.45) is -3.64. The van der Waals surface area contributed by atoms with Gasteiger partial charge >= 0.3 is 6.18 Å². The van der Waals surface area contributed by atoms with Crippen molar-refractivity contribution in [2.24, 2.45) is 5.92 Å². The Hall–Kier alpha value is -1.57. The molecule has 0 unspecified atom stereocenters. The van der Waals surface area contributed by atoms with Gasteiger partial charge in [-0.3, -0.25) is 15.0 Å². The van der Waals surface area contributed by atoms with E-state index < -0.39 is 18.0 Å². The topological polar surface area (TPSA) is 58.4 Å². The van der Waals surface area contributed by atoms with Crippen LogP contribution >= 0.6 is 0 Å². The fourth-order valence-corrected chi connectivity index (χ4v) is 2.53. The number of alkyl halides is 3. The van der Waals surface area contributed by atoms with E-state index in [1.807, 2.05) is 20.8 Å². The molecule has 1 saturated heterocycles. The van der Waals surface area contributed by atoms with Crippen molar-refractivity contribution in [2.75, 3.05) is 25.0 Å². The fourth-order valence-electron chi connectivity index (χ4n) is 2.53. The van der Waals surface area contributed by atoms with Crippen molar-refractivity contribution in [1.29, 1.82) is 0 Å². The zero-order valence-corrected chi connectivity index (χ0v) is 13.5. The van der Waals surface area contributed by atoms with E-state index in [9.17, 15) is 18.0 Å². The Bertz CT molecular complexity index is 549. The number of carbonyl (C=O) groups excluding carboxylic acids is 1. The first-order chi connectivity index (χ1) is 10.6. The third-order valence-corrected chi connectivity index (χ3v) is 3.88. The SMILES string of the molecule is CC(C)(C)c1cc(NC(=O)CN2CCC[C@H](C(F)(F)F)C2)on1. The molecule has 0 radical (unpaired) electrons. The van der Waals surface area contributed by atoms with Crippen LogP contribution in [-0.4, -0.2) is 41.8 Å². The molecule has 0 spiro atoms. The molecule has 1 amide bonds. The summed E-state index contributed by atoms with van der Waals surface area (Å²) < 4.78 is 43.3. The molecule has 1 N–H and O–H groups in total. The van der Waals surface area contributed by atoms with E-state index in [0.29, 0.717) is 18.7 Å². The Morgan fingerprint density at radius 3 is 2.70 bits per heavy atom. The number of likely N-dealkylation sites (tertiary alicyclic amines) is 1. The summed E-state index contributed by atoms with van der Waals surface area (Å²) in [5, 5.41) is 6.42. The number of nitrogens with one attached hydrogen (secondary N) is 1. The van der Waals surface area contributed by atoms with Crippen molar-refractivity contribution in [3.8, 4) is 0 Å². The van der Waals surface area contributed by atoms with Crippen LogP contribution < -0.4 is 5.32 Å². The second kappa shape index (κ2) is 6.51. The molecular formula is C15H22F3N3O2. The van der Waals surface area contributed by atoms with Crippen molar-refractivity contribution in [3.63, 3.8) is 0 Å². The predicted octanol–water partition coefficient (Wildman–Crippen LogP) is 3.18. The summed E-state index contributed by atoms with van der Waals surface area (Å²) in [6.45, 7) is 6.15.